The van der Waals surface area contributed by atoms with E-state index in [0.29, 0.717) is 0 Å². The van der Waals surface area contributed by atoms with E-state index in [-0.39, 0.29) is 5.56 Å². The van der Waals surface area contributed by atoms with Crippen LogP contribution in [-0.4, -0.2) is 25.7 Å². The molecule has 0 spiro atoms. The van der Waals surface area contributed by atoms with E-state index in [4.69, 9.17) is 5.11 Å². The third kappa shape index (κ3) is 2.43. The Hall–Kier alpha value is -2.34. The largest absolute Gasteiger partial charge is 0.478 e. The highest BCUT2D eigenvalue weighted by molar-refractivity contribution is 7.99. The van der Waals surface area contributed by atoms with Crippen LogP contribution in [0.15, 0.2) is 58.7 Å². The van der Waals surface area contributed by atoms with Crippen molar-refractivity contribution in [2.45, 2.75) is 9.92 Å². The van der Waals surface area contributed by atoms with Gasteiger partial charge in [0.2, 0.25) is 0 Å². The quantitative estimate of drug-likeness (QED) is 0.741. The number of carboxylic acid groups (broad SMARTS) is 1. The molecule has 1 aromatic carbocycles. The zero-order chi connectivity index (χ0) is 13.2. The van der Waals surface area contributed by atoms with Gasteiger partial charge in [-0.15, -0.1) is 0 Å². The predicted molar refractivity (Wildman–Crippen MR) is 70.5 cm³/mol. The first-order valence-electron chi connectivity index (χ1n) is 5.54. The zero-order valence-corrected chi connectivity index (χ0v) is 10.5. The topological polar surface area (TPSA) is 67.5 Å². The molecule has 3 aromatic rings. The summed E-state index contributed by atoms with van der Waals surface area (Å²) in [5, 5.41) is 13.8. The van der Waals surface area contributed by atoms with Crippen LogP contribution in [0.5, 0.6) is 0 Å². The lowest BCUT2D eigenvalue weighted by Gasteiger charge is -2.02. The van der Waals surface area contributed by atoms with Crippen molar-refractivity contribution in [3.63, 3.8) is 0 Å². The molecule has 0 saturated heterocycles. The summed E-state index contributed by atoms with van der Waals surface area (Å²) in [4.78, 5) is 16.2. The van der Waals surface area contributed by atoms with E-state index in [1.165, 1.54) is 11.8 Å². The minimum atomic E-state index is -0.929. The number of benzene rings is 1. The fraction of sp³-hybridized carbons (Fsp3) is 0. The molecule has 0 amide bonds. The van der Waals surface area contributed by atoms with Gasteiger partial charge < -0.3 is 5.11 Å². The highest BCUT2D eigenvalue weighted by atomic mass is 32.2. The number of carboxylic acids is 1. The average molecular weight is 271 g/mol. The van der Waals surface area contributed by atoms with Gasteiger partial charge in [0.1, 0.15) is 5.03 Å². The zero-order valence-electron chi connectivity index (χ0n) is 9.72. The van der Waals surface area contributed by atoms with Crippen LogP contribution in [0.3, 0.4) is 0 Å². The highest BCUT2D eigenvalue weighted by Gasteiger charge is 2.05. The molecular weight excluding hydrogens is 262 g/mol. The first kappa shape index (κ1) is 11.7. The van der Waals surface area contributed by atoms with Gasteiger partial charge >= 0.3 is 5.97 Å². The Morgan fingerprint density at radius 1 is 1.26 bits per heavy atom. The lowest BCUT2D eigenvalue weighted by molar-refractivity contribution is 0.0696. The van der Waals surface area contributed by atoms with Gasteiger partial charge in [0.05, 0.1) is 11.8 Å². The minimum Gasteiger partial charge on any atom is -0.478 e. The number of aromatic carboxylic acids is 1. The minimum absolute atomic E-state index is 0.274. The molecule has 3 rings (SSSR count). The van der Waals surface area contributed by atoms with Crippen molar-refractivity contribution in [1.82, 2.24) is 14.6 Å². The van der Waals surface area contributed by atoms with Gasteiger partial charge in [0.25, 0.3) is 0 Å². The lowest BCUT2D eigenvalue weighted by atomic mass is 10.2. The van der Waals surface area contributed by atoms with Crippen LogP contribution in [-0.2, 0) is 0 Å². The van der Waals surface area contributed by atoms with E-state index in [1.807, 2.05) is 24.4 Å². The fourth-order valence-electron chi connectivity index (χ4n) is 1.67. The van der Waals surface area contributed by atoms with E-state index in [2.05, 4.69) is 10.1 Å². The molecule has 0 fully saturated rings. The Balaban J connectivity index is 1.91. The molecule has 0 saturated carbocycles. The summed E-state index contributed by atoms with van der Waals surface area (Å²) >= 11 is 1.42. The number of aromatic nitrogens is 3. The summed E-state index contributed by atoms with van der Waals surface area (Å²) in [5.74, 6) is -0.929. The number of rotatable bonds is 3. The maximum Gasteiger partial charge on any atom is 0.335 e. The molecule has 94 valence electrons. The Morgan fingerprint density at radius 3 is 3.00 bits per heavy atom. The van der Waals surface area contributed by atoms with Gasteiger partial charge in [0.15, 0.2) is 5.65 Å². The Morgan fingerprint density at radius 2 is 2.16 bits per heavy atom. The van der Waals surface area contributed by atoms with E-state index < -0.39 is 5.97 Å². The molecule has 0 unspecified atom stereocenters. The summed E-state index contributed by atoms with van der Waals surface area (Å²) in [6.07, 6.45) is 3.51. The van der Waals surface area contributed by atoms with Crippen molar-refractivity contribution in [3.05, 3.63) is 54.4 Å². The van der Waals surface area contributed by atoms with Crippen molar-refractivity contribution in [1.29, 1.82) is 0 Å². The molecule has 19 heavy (non-hydrogen) atoms. The second-order valence-electron chi connectivity index (χ2n) is 3.83. The molecule has 0 radical (unpaired) electrons. The predicted octanol–water partition coefficient (Wildman–Crippen LogP) is 2.58. The summed E-state index contributed by atoms with van der Waals surface area (Å²) in [7, 11) is 0. The van der Waals surface area contributed by atoms with Gasteiger partial charge in [0, 0.05) is 17.2 Å². The van der Waals surface area contributed by atoms with Crippen molar-refractivity contribution in [3.8, 4) is 0 Å². The molecule has 0 aliphatic heterocycles. The standard InChI is InChI=1S/C13H9N3O2S/c17-13(18)9-2-1-3-10(8-9)19-12-5-7-16-11(15-12)4-6-14-16/h1-8H,(H,17,18). The Bertz CT molecular complexity index is 754. The van der Waals surface area contributed by atoms with Crippen LogP contribution in [0.25, 0.3) is 5.65 Å². The SMILES string of the molecule is O=C(O)c1cccc(Sc2ccn3nccc3n2)c1. The van der Waals surface area contributed by atoms with E-state index >= 15 is 0 Å². The van der Waals surface area contributed by atoms with Crippen molar-refractivity contribution in [2.75, 3.05) is 0 Å². The number of hydrogen-bond donors (Lipinski definition) is 1. The molecule has 0 aliphatic carbocycles. The first-order valence-corrected chi connectivity index (χ1v) is 6.36. The van der Waals surface area contributed by atoms with Crippen molar-refractivity contribution in [2.24, 2.45) is 0 Å². The molecule has 5 nitrogen and oxygen atoms in total. The smallest absolute Gasteiger partial charge is 0.335 e. The van der Waals surface area contributed by atoms with Crippen molar-refractivity contribution >= 4 is 23.4 Å². The molecule has 0 aliphatic rings. The summed E-state index contributed by atoms with van der Waals surface area (Å²) in [6, 6.07) is 10.5. The third-order valence-corrected chi connectivity index (χ3v) is 3.46. The molecule has 2 aromatic heterocycles. The van der Waals surface area contributed by atoms with Crippen LogP contribution in [0.1, 0.15) is 10.4 Å². The van der Waals surface area contributed by atoms with Crippen LogP contribution in [0, 0.1) is 0 Å². The van der Waals surface area contributed by atoms with E-state index in [0.717, 1.165) is 15.6 Å². The monoisotopic (exact) mass is 271 g/mol. The number of carbonyl (C=O) groups is 1. The molecule has 1 N–H and O–H groups in total. The molecule has 6 heteroatoms. The van der Waals surface area contributed by atoms with Gasteiger partial charge in [-0.05, 0) is 24.3 Å². The first-order chi connectivity index (χ1) is 9.22. The van der Waals surface area contributed by atoms with Crippen LogP contribution in [0.4, 0.5) is 0 Å². The third-order valence-electron chi connectivity index (χ3n) is 2.54. The van der Waals surface area contributed by atoms with Gasteiger partial charge in [-0.25, -0.2) is 14.3 Å². The number of hydrogen-bond acceptors (Lipinski definition) is 4. The van der Waals surface area contributed by atoms with Gasteiger partial charge in [-0.1, -0.05) is 17.8 Å². The normalized spacial score (nSPS) is 10.7. The number of fused-ring (bicyclic) bond motifs is 1. The Kier molecular flexibility index (Phi) is 2.92. The molecule has 0 bridgehead atoms. The Labute approximate surface area is 112 Å². The van der Waals surface area contributed by atoms with Gasteiger partial charge in [-0.2, -0.15) is 5.10 Å². The van der Waals surface area contributed by atoms with Crippen LogP contribution < -0.4 is 0 Å². The molecule has 0 atom stereocenters. The van der Waals surface area contributed by atoms with Gasteiger partial charge in [-0.3, -0.25) is 0 Å². The summed E-state index contributed by atoms with van der Waals surface area (Å²) in [5.41, 5.74) is 1.04. The van der Waals surface area contributed by atoms with Crippen molar-refractivity contribution < 1.29 is 9.90 Å². The molecule has 2 heterocycles. The fourth-order valence-corrected chi connectivity index (χ4v) is 2.51. The summed E-state index contributed by atoms with van der Waals surface area (Å²) < 4.78 is 1.68. The van der Waals surface area contributed by atoms with Crippen LogP contribution >= 0.6 is 11.8 Å². The lowest BCUT2D eigenvalue weighted by Crippen LogP contribution is -1.95. The van der Waals surface area contributed by atoms with E-state index in [9.17, 15) is 4.79 Å². The number of nitrogens with zero attached hydrogens (tertiary/aromatic N) is 3. The second kappa shape index (κ2) is 4.74. The molecular formula is C13H9N3O2S. The second-order valence-corrected chi connectivity index (χ2v) is 4.93. The summed E-state index contributed by atoms with van der Waals surface area (Å²) in [6.45, 7) is 0. The maximum absolute atomic E-state index is 10.9. The van der Waals surface area contributed by atoms with Crippen LogP contribution in [0.2, 0.25) is 0 Å². The average Bonchev–Trinajstić information content (AvgIpc) is 2.86. The van der Waals surface area contributed by atoms with E-state index in [1.54, 1.807) is 28.9 Å². The highest BCUT2D eigenvalue weighted by Crippen LogP contribution is 2.26. The maximum atomic E-state index is 10.9.